The standard InChI is InChI=1S/C11H13NO5/c1-2-9(14)7-17-11-4-3-8(6-13)5-10(11)12(15)16/h3-6,9,14H,2,7H2,1H3. The molecule has 0 aliphatic rings. The molecule has 0 amide bonds. The van der Waals surface area contributed by atoms with Gasteiger partial charge >= 0.3 is 5.69 Å². The van der Waals surface area contributed by atoms with Gasteiger partial charge in [-0.1, -0.05) is 6.92 Å². The quantitative estimate of drug-likeness (QED) is 0.462. The van der Waals surface area contributed by atoms with Gasteiger partial charge in [0.25, 0.3) is 0 Å². The Kier molecular flexibility index (Phi) is 4.59. The summed E-state index contributed by atoms with van der Waals surface area (Å²) in [5.41, 5.74) is -0.0713. The van der Waals surface area contributed by atoms with Crippen LogP contribution < -0.4 is 4.74 Å². The molecule has 0 aliphatic heterocycles. The van der Waals surface area contributed by atoms with Crippen molar-refractivity contribution in [3.8, 4) is 5.75 Å². The lowest BCUT2D eigenvalue weighted by atomic mass is 10.2. The molecule has 1 aromatic carbocycles. The first kappa shape index (κ1) is 13.1. The van der Waals surface area contributed by atoms with Crippen LogP contribution in [0.15, 0.2) is 18.2 Å². The number of carbonyl (C=O) groups is 1. The SMILES string of the molecule is CCC(O)COc1ccc(C=O)cc1[N+](=O)[O-]. The zero-order valence-corrected chi connectivity index (χ0v) is 9.33. The summed E-state index contributed by atoms with van der Waals surface area (Å²) in [5.74, 6) is 0.0492. The fraction of sp³-hybridized carbons (Fsp3) is 0.364. The second-order valence-corrected chi connectivity index (χ2v) is 3.48. The fourth-order valence-electron chi connectivity index (χ4n) is 1.18. The number of aliphatic hydroxyl groups is 1. The Balaban J connectivity index is 2.90. The van der Waals surface area contributed by atoms with E-state index in [9.17, 15) is 20.0 Å². The van der Waals surface area contributed by atoms with E-state index in [1.165, 1.54) is 12.1 Å². The van der Waals surface area contributed by atoms with Crippen molar-refractivity contribution in [1.82, 2.24) is 0 Å². The van der Waals surface area contributed by atoms with Crippen molar-refractivity contribution < 1.29 is 19.6 Å². The van der Waals surface area contributed by atoms with Gasteiger partial charge in [-0.2, -0.15) is 0 Å². The molecule has 1 N–H and O–H groups in total. The topological polar surface area (TPSA) is 89.7 Å². The highest BCUT2D eigenvalue weighted by Gasteiger charge is 2.16. The van der Waals surface area contributed by atoms with Gasteiger partial charge in [0.1, 0.15) is 12.9 Å². The molecule has 0 aromatic heterocycles. The summed E-state index contributed by atoms with van der Waals surface area (Å²) in [6.45, 7) is 1.76. The van der Waals surface area contributed by atoms with E-state index in [-0.39, 0.29) is 23.6 Å². The monoisotopic (exact) mass is 239 g/mol. The van der Waals surface area contributed by atoms with Crippen molar-refractivity contribution in [3.63, 3.8) is 0 Å². The predicted octanol–water partition coefficient (Wildman–Crippen LogP) is 1.56. The molecule has 6 heteroatoms. The maximum atomic E-state index is 10.8. The number of nitro groups is 1. The summed E-state index contributed by atoms with van der Waals surface area (Å²) in [5, 5.41) is 20.0. The van der Waals surface area contributed by atoms with E-state index in [4.69, 9.17) is 4.74 Å². The molecule has 0 fully saturated rings. The van der Waals surface area contributed by atoms with Crippen molar-refractivity contribution in [2.45, 2.75) is 19.4 Å². The predicted molar refractivity (Wildman–Crippen MR) is 60.3 cm³/mol. The van der Waals surface area contributed by atoms with E-state index in [0.717, 1.165) is 6.07 Å². The van der Waals surface area contributed by atoms with Crippen molar-refractivity contribution >= 4 is 12.0 Å². The number of nitrogens with zero attached hydrogens (tertiary/aromatic N) is 1. The van der Waals surface area contributed by atoms with Crippen LogP contribution in [0.4, 0.5) is 5.69 Å². The van der Waals surface area contributed by atoms with Gasteiger partial charge in [0.05, 0.1) is 11.0 Å². The van der Waals surface area contributed by atoms with Gasteiger partial charge in [0.2, 0.25) is 0 Å². The molecular weight excluding hydrogens is 226 g/mol. The third-order valence-electron chi connectivity index (χ3n) is 2.22. The third kappa shape index (κ3) is 3.53. The van der Waals surface area contributed by atoms with Crippen LogP contribution >= 0.6 is 0 Å². The van der Waals surface area contributed by atoms with Crippen LogP contribution in [0.25, 0.3) is 0 Å². The first-order chi connectivity index (χ1) is 8.08. The lowest BCUT2D eigenvalue weighted by Gasteiger charge is -2.10. The molecule has 92 valence electrons. The minimum atomic E-state index is -0.666. The molecule has 0 aliphatic carbocycles. The Labute approximate surface area is 98.0 Å². The number of hydrogen-bond donors (Lipinski definition) is 1. The molecule has 0 spiro atoms. The van der Waals surface area contributed by atoms with E-state index >= 15 is 0 Å². The summed E-state index contributed by atoms with van der Waals surface area (Å²) in [4.78, 5) is 20.6. The minimum absolute atomic E-state index is 0.0161. The maximum absolute atomic E-state index is 10.8. The van der Waals surface area contributed by atoms with E-state index in [0.29, 0.717) is 12.7 Å². The molecule has 17 heavy (non-hydrogen) atoms. The number of hydrogen-bond acceptors (Lipinski definition) is 5. The Hall–Kier alpha value is -1.95. The maximum Gasteiger partial charge on any atom is 0.311 e. The summed E-state index contributed by atoms with van der Waals surface area (Å²) >= 11 is 0. The average Bonchev–Trinajstić information content (AvgIpc) is 2.35. The van der Waals surface area contributed by atoms with Crippen LogP contribution in [0.3, 0.4) is 0 Å². The van der Waals surface area contributed by atoms with Gasteiger partial charge in [-0.15, -0.1) is 0 Å². The molecule has 1 atom stereocenters. The number of aliphatic hydroxyl groups excluding tert-OH is 1. The summed E-state index contributed by atoms with van der Waals surface area (Å²) in [7, 11) is 0. The van der Waals surface area contributed by atoms with Crippen molar-refractivity contribution in [3.05, 3.63) is 33.9 Å². The zero-order chi connectivity index (χ0) is 12.8. The van der Waals surface area contributed by atoms with Crippen molar-refractivity contribution in [2.24, 2.45) is 0 Å². The van der Waals surface area contributed by atoms with E-state index < -0.39 is 11.0 Å². The molecule has 0 saturated heterocycles. The fourth-order valence-corrected chi connectivity index (χ4v) is 1.18. The highest BCUT2D eigenvalue weighted by atomic mass is 16.6. The summed E-state index contributed by atoms with van der Waals surface area (Å²) in [6, 6.07) is 3.92. The third-order valence-corrected chi connectivity index (χ3v) is 2.22. The molecular formula is C11H13NO5. The molecule has 0 saturated carbocycles. The lowest BCUT2D eigenvalue weighted by molar-refractivity contribution is -0.385. The van der Waals surface area contributed by atoms with Crippen LogP contribution in [-0.4, -0.2) is 29.0 Å². The lowest BCUT2D eigenvalue weighted by Crippen LogP contribution is -2.16. The van der Waals surface area contributed by atoms with Crippen LogP contribution in [-0.2, 0) is 0 Å². The molecule has 0 bridgehead atoms. The zero-order valence-electron chi connectivity index (χ0n) is 9.33. The largest absolute Gasteiger partial charge is 0.484 e. The smallest absolute Gasteiger partial charge is 0.311 e. The second kappa shape index (κ2) is 5.95. The normalized spacial score (nSPS) is 11.9. The van der Waals surface area contributed by atoms with Crippen molar-refractivity contribution in [2.75, 3.05) is 6.61 Å². The van der Waals surface area contributed by atoms with Crippen LogP contribution in [0.2, 0.25) is 0 Å². The molecule has 1 rings (SSSR count). The Bertz CT molecular complexity index is 418. The first-order valence-corrected chi connectivity index (χ1v) is 5.13. The van der Waals surface area contributed by atoms with Gasteiger partial charge < -0.3 is 9.84 Å². The van der Waals surface area contributed by atoms with Crippen LogP contribution in [0, 0.1) is 10.1 Å². The number of carbonyl (C=O) groups excluding carboxylic acids is 1. The van der Waals surface area contributed by atoms with Gasteiger partial charge in [0.15, 0.2) is 5.75 Å². The summed E-state index contributed by atoms with van der Waals surface area (Å²) < 4.78 is 5.14. The Morgan fingerprint density at radius 3 is 2.82 bits per heavy atom. The number of rotatable bonds is 6. The highest BCUT2D eigenvalue weighted by Crippen LogP contribution is 2.27. The van der Waals surface area contributed by atoms with Gasteiger partial charge in [-0.25, -0.2) is 0 Å². The van der Waals surface area contributed by atoms with Gasteiger partial charge in [-0.3, -0.25) is 14.9 Å². The van der Waals surface area contributed by atoms with E-state index in [1.807, 2.05) is 0 Å². The second-order valence-electron chi connectivity index (χ2n) is 3.48. The first-order valence-electron chi connectivity index (χ1n) is 5.13. The van der Waals surface area contributed by atoms with Crippen LogP contribution in [0.5, 0.6) is 5.75 Å². The molecule has 0 heterocycles. The molecule has 1 unspecified atom stereocenters. The number of ether oxygens (including phenoxy) is 1. The number of aldehydes is 1. The number of benzene rings is 1. The highest BCUT2D eigenvalue weighted by molar-refractivity contribution is 5.77. The van der Waals surface area contributed by atoms with E-state index in [1.54, 1.807) is 6.92 Å². The van der Waals surface area contributed by atoms with Gasteiger partial charge in [-0.05, 0) is 18.6 Å². The minimum Gasteiger partial charge on any atom is -0.484 e. The molecule has 6 nitrogen and oxygen atoms in total. The molecule has 0 radical (unpaired) electrons. The van der Waals surface area contributed by atoms with Gasteiger partial charge in [0, 0.05) is 11.6 Å². The summed E-state index contributed by atoms with van der Waals surface area (Å²) in [6.07, 6.45) is 0.359. The average molecular weight is 239 g/mol. The molecule has 1 aromatic rings. The Morgan fingerprint density at radius 2 is 2.29 bits per heavy atom. The van der Waals surface area contributed by atoms with Crippen LogP contribution in [0.1, 0.15) is 23.7 Å². The number of nitro benzene ring substituents is 1. The van der Waals surface area contributed by atoms with Crippen molar-refractivity contribution in [1.29, 1.82) is 0 Å². The Morgan fingerprint density at radius 1 is 1.59 bits per heavy atom. The van der Waals surface area contributed by atoms with E-state index in [2.05, 4.69) is 0 Å².